The zero-order valence-corrected chi connectivity index (χ0v) is 19.3. The van der Waals surface area contributed by atoms with Gasteiger partial charge >= 0.3 is 0 Å². The molecule has 0 bridgehead atoms. The van der Waals surface area contributed by atoms with Gasteiger partial charge in [-0.05, 0) is 85.9 Å². The number of alkyl halides is 1. The van der Waals surface area contributed by atoms with Gasteiger partial charge in [0.25, 0.3) is 0 Å². The van der Waals surface area contributed by atoms with Crippen molar-refractivity contribution in [3.63, 3.8) is 0 Å². The molecule has 2 aliphatic carbocycles. The van der Waals surface area contributed by atoms with E-state index >= 15 is 0 Å². The fourth-order valence-electron chi connectivity index (χ4n) is 5.83. The second-order valence-corrected chi connectivity index (χ2v) is 12.2. The largest absolute Gasteiger partial charge is 0.286 e. The van der Waals surface area contributed by atoms with Crippen molar-refractivity contribution in [3.05, 3.63) is 0 Å². The predicted molar refractivity (Wildman–Crippen MR) is 116 cm³/mol. The second-order valence-electron chi connectivity index (χ2n) is 11.8. The van der Waals surface area contributed by atoms with Crippen molar-refractivity contribution in [3.8, 4) is 0 Å². The van der Waals surface area contributed by atoms with Crippen LogP contribution in [0.15, 0.2) is 0 Å². The lowest BCUT2D eigenvalue weighted by molar-refractivity contribution is 0.0672. The minimum absolute atomic E-state index is 0.109. The Morgan fingerprint density at radius 3 is 1.19 bits per heavy atom. The molecule has 0 amide bonds. The van der Waals surface area contributed by atoms with Crippen LogP contribution in [0.5, 0.6) is 0 Å². The molecule has 0 aromatic carbocycles. The fraction of sp³-hybridized carbons (Fsp3) is 1.00. The Morgan fingerprint density at radius 1 is 0.556 bits per heavy atom. The Kier molecular flexibility index (Phi) is 6.88. The van der Waals surface area contributed by atoms with Crippen LogP contribution in [0.3, 0.4) is 0 Å². The molecule has 3 aliphatic rings. The van der Waals surface area contributed by atoms with Crippen LogP contribution in [0.1, 0.15) is 92.9 Å². The topological polar surface area (TPSA) is 36.1 Å². The van der Waals surface area contributed by atoms with Crippen molar-refractivity contribution < 1.29 is 0 Å². The van der Waals surface area contributed by atoms with E-state index in [1.165, 1.54) is 51.4 Å². The number of hydrogen-bond donors (Lipinski definition) is 3. The molecule has 3 rings (SSSR count). The minimum Gasteiger partial charge on any atom is -0.286 e. The molecule has 1 aliphatic heterocycles. The molecule has 3 nitrogen and oxygen atoms in total. The normalized spacial score (nSPS) is 42.1. The highest BCUT2D eigenvalue weighted by atomic mass is 35.5. The summed E-state index contributed by atoms with van der Waals surface area (Å²) >= 11 is 6.58. The third-order valence-corrected chi connectivity index (χ3v) is 8.20. The third-order valence-electron chi connectivity index (χ3n) is 7.95. The lowest BCUT2D eigenvalue weighted by Crippen LogP contribution is -2.69. The summed E-state index contributed by atoms with van der Waals surface area (Å²) in [5.74, 6) is 3.15. The Labute approximate surface area is 173 Å². The average Bonchev–Trinajstić information content (AvgIpc) is 2.60. The summed E-state index contributed by atoms with van der Waals surface area (Å²) in [6.45, 7) is 14.4. The molecule has 3 N–H and O–H groups in total. The van der Waals surface area contributed by atoms with Crippen molar-refractivity contribution in [1.82, 2.24) is 16.0 Å². The molecular weight excluding hydrogens is 354 g/mol. The van der Waals surface area contributed by atoms with Crippen LogP contribution in [0, 0.1) is 34.5 Å². The molecule has 2 unspecified atom stereocenters. The van der Waals surface area contributed by atoms with E-state index in [0.29, 0.717) is 35.0 Å². The van der Waals surface area contributed by atoms with Crippen molar-refractivity contribution >= 4 is 11.6 Å². The molecule has 0 spiro atoms. The van der Waals surface area contributed by atoms with Crippen molar-refractivity contribution in [2.24, 2.45) is 34.5 Å². The molecule has 27 heavy (non-hydrogen) atoms. The van der Waals surface area contributed by atoms with Gasteiger partial charge in [-0.2, -0.15) is 0 Å². The lowest BCUT2D eigenvalue weighted by atomic mass is 9.68. The van der Waals surface area contributed by atoms with Crippen molar-refractivity contribution in [2.45, 2.75) is 111 Å². The van der Waals surface area contributed by atoms with E-state index in [4.69, 9.17) is 11.6 Å². The summed E-state index contributed by atoms with van der Waals surface area (Å²) in [5, 5.41) is 11.1. The van der Waals surface area contributed by atoms with Crippen LogP contribution < -0.4 is 16.0 Å². The highest BCUT2D eigenvalue weighted by molar-refractivity contribution is 6.20. The van der Waals surface area contributed by atoms with E-state index in [-0.39, 0.29) is 5.62 Å². The van der Waals surface area contributed by atoms with E-state index in [2.05, 4.69) is 57.5 Å². The van der Waals surface area contributed by atoms with Crippen molar-refractivity contribution in [1.29, 1.82) is 0 Å². The van der Waals surface area contributed by atoms with Crippen LogP contribution in [-0.4, -0.2) is 18.0 Å². The summed E-state index contributed by atoms with van der Waals surface area (Å²) in [7, 11) is 0. The van der Waals surface area contributed by atoms with Gasteiger partial charge in [0.15, 0.2) is 0 Å². The summed E-state index contributed by atoms with van der Waals surface area (Å²) in [5.41, 5.74) is 0.786. The maximum atomic E-state index is 6.58. The first-order valence-electron chi connectivity index (χ1n) is 11.5. The first-order valence-corrected chi connectivity index (χ1v) is 11.9. The number of rotatable bonds is 2. The highest BCUT2D eigenvalue weighted by Gasteiger charge is 2.39. The van der Waals surface area contributed by atoms with Gasteiger partial charge in [0.2, 0.25) is 0 Å². The number of hydrogen-bond acceptors (Lipinski definition) is 3. The van der Waals surface area contributed by atoms with E-state index < -0.39 is 0 Å². The zero-order chi connectivity index (χ0) is 19.8. The zero-order valence-electron chi connectivity index (χ0n) is 18.6. The SMILES string of the molecule is CC(C)(C)C1CCC(C2NC(Cl)NC(C3CCC(C(C)(C)C)CC3)N2)CC1. The third kappa shape index (κ3) is 5.62. The van der Waals surface area contributed by atoms with Gasteiger partial charge < -0.3 is 0 Å². The van der Waals surface area contributed by atoms with E-state index in [9.17, 15) is 0 Å². The maximum Gasteiger partial charge on any atom is 0.137 e. The van der Waals surface area contributed by atoms with Crippen LogP contribution in [0.2, 0.25) is 0 Å². The molecule has 2 saturated carbocycles. The minimum atomic E-state index is -0.109. The maximum absolute atomic E-state index is 6.58. The molecule has 0 radical (unpaired) electrons. The molecule has 0 aromatic heterocycles. The molecule has 3 fully saturated rings. The number of halogens is 1. The quantitative estimate of drug-likeness (QED) is 0.416. The van der Waals surface area contributed by atoms with Gasteiger partial charge in [0.1, 0.15) is 5.62 Å². The monoisotopic (exact) mass is 397 g/mol. The standard InChI is InChI=1S/C23H44ClN3/c1-22(2,3)17-11-7-15(8-12-17)19-25-20(27-21(24)26-19)16-9-13-18(14-10-16)23(4,5)6/h15-21,25-27H,7-14H2,1-6H3. The van der Waals surface area contributed by atoms with Gasteiger partial charge in [0.05, 0.1) is 12.3 Å². The lowest BCUT2D eigenvalue weighted by Gasteiger charge is -2.47. The first kappa shape index (κ1) is 21.9. The van der Waals surface area contributed by atoms with Gasteiger partial charge in [0, 0.05) is 0 Å². The molecule has 0 aromatic rings. The Hall–Kier alpha value is 0.170. The molecule has 1 saturated heterocycles. The fourth-order valence-corrected chi connectivity index (χ4v) is 6.11. The summed E-state index contributed by atoms with van der Waals surface area (Å²) in [6.07, 6.45) is 11.4. The van der Waals surface area contributed by atoms with Crippen LogP contribution in [-0.2, 0) is 0 Å². The first-order chi connectivity index (χ1) is 12.5. The van der Waals surface area contributed by atoms with E-state index in [0.717, 1.165) is 11.8 Å². The van der Waals surface area contributed by atoms with Crippen LogP contribution in [0.25, 0.3) is 0 Å². The van der Waals surface area contributed by atoms with E-state index in [1.54, 1.807) is 0 Å². The molecule has 2 atom stereocenters. The predicted octanol–water partition coefficient (Wildman–Crippen LogP) is 5.65. The van der Waals surface area contributed by atoms with Gasteiger partial charge in [-0.3, -0.25) is 16.0 Å². The molecule has 1 heterocycles. The van der Waals surface area contributed by atoms with Gasteiger partial charge in [-0.25, -0.2) is 0 Å². The number of nitrogens with one attached hydrogen (secondary N) is 3. The Balaban J connectivity index is 1.53. The summed E-state index contributed by atoms with van der Waals surface area (Å²) < 4.78 is 0. The van der Waals surface area contributed by atoms with Gasteiger partial charge in [-0.1, -0.05) is 53.1 Å². The van der Waals surface area contributed by atoms with Crippen LogP contribution in [0.4, 0.5) is 0 Å². The smallest absolute Gasteiger partial charge is 0.137 e. The van der Waals surface area contributed by atoms with Crippen LogP contribution >= 0.6 is 11.6 Å². The van der Waals surface area contributed by atoms with Gasteiger partial charge in [-0.15, -0.1) is 0 Å². The molecule has 4 heteroatoms. The Bertz CT molecular complexity index is 423. The average molecular weight is 398 g/mol. The molecule has 158 valence electrons. The Morgan fingerprint density at radius 2 is 0.889 bits per heavy atom. The highest BCUT2D eigenvalue weighted by Crippen LogP contribution is 2.42. The summed E-state index contributed by atoms with van der Waals surface area (Å²) in [6, 6.07) is 0. The van der Waals surface area contributed by atoms with Crippen molar-refractivity contribution in [2.75, 3.05) is 0 Å². The molecular formula is C23H44ClN3. The second kappa shape index (κ2) is 8.50. The summed E-state index contributed by atoms with van der Waals surface area (Å²) in [4.78, 5) is 0. The van der Waals surface area contributed by atoms with E-state index in [1.807, 2.05) is 0 Å².